The third kappa shape index (κ3) is 1.62. The first kappa shape index (κ1) is 9.14. The van der Waals surface area contributed by atoms with Gasteiger partial charge in [-0.25, -0.2) is 13.0 Å². The number of hydrazine groups is 1. The molecule has 0 atom stereocenters. The fourth-order valence-corrected chi connectivity index (χ4v) is 1.41. The van der Waals surface area contributed by atoms with Gasteiger partial charge in [0.25, 0.3) is 0 Å². The van der Waals surface area contributed by atoms with E-state index in [-0.39, 0.29) is 4.90 Å². The van der Waals surface area contributed by atoms with Crippen LogP contribution in [0.4, 0.5) is 0 Å². The van der Waals surface area contributed by atoms with Gasteiger partial charge < -0.3 is 5.21 Å². The summed E-state index contributed by atoms with van der Waals surface area (Å²) in [5.41, 5.74) is 0. The van der Waals surface area contributed by atoms with Gasteiger partial charge in [0.1, 0.15) is 0 Å². The Labute approximate surface area is 70.0 Å². The molecule has 2 N–H and O–H groups in total. The van der Waals surface area contributed by atoms with Crippen molar-refractivity contribution in [3.8, 4) is 0 Å². The average Bonchev–Trinajstić information content (AvgIpc) is 2.06. The average molecular weight is 187 g/mol. The van der Waals surface area contributed by atoms with Crippen molar-refractivity contribution in [1.82, 2.24) is 4.58 Å². The summed E-state index contributed by atoms with van der Waals surface area (Å²) >= 11 is 0. The third-order valence-corrected chi connectivity index (χ3v) is 2.62. The molecule has 1 rings (SSSR count). The molecule has 1 aromatic rings. The van der Waals surface area contributed by atoms with Crippen LogP contribution >= 0.6 is 0 Å². The lowest BCUT2D eigenvalue weighted by molar-refractivity contribution is 0.513. The molecule has 0 saturated carbocycles. The monoisotopic (exact) mass is 187 g/mol. The summed E-state index contributed by atoms with van der Waals surface area (Å²) in [6, 6.07) is 7.26. The summed E-state index contributed by atoms with van der Waals surface area (Å²) in [6.45, 7) is 0. The Morgan fingerprint density at radius 3 is 2.17 bits per heavy atom. The molecule has 0 amide bonds. The van der Waals surface area contributed by atoms with Gasteiger partial charge in [-0.2, -0.15) is 0 Å². The van der Waals surface area contributed by atoms with E-state index in [4.69, 9.17) is 0 Å². The second kappa shape index (κ2) is 3.20. The molecule has 0 unspecified atom stereocenters. The minimum atomic E-state index is -4.02. The van der Waals surface area contributed by atoms with Gasteiger partial charge in [0.05, 0.1) is 4.90 Å². The van der Waals surface area contributed by atoms with Crippen LogP contribution < -0.4 is 5.84 Å². The molecule has 6 heteroatoms. The van der Waals surface area contributed by atoms with Crippen LogP contribution in [0.3, 0.4) is 0 Å². The molecular formula is C6H7N2O3S-. The Kier molecular flexibility index (Phi) is 2.43. The van der Waals surface area contributed by atoms with Gasteiger partial charge in [-0.15, -0.1) is 0 Å². The Bertz CT molecular complexity index is 346. The molecule has 0 aliphatic heterocycles. The maximum atomic E-state index is 11.0. The van der Waals surface area contributed by atoms with Crippen LogP contribution in [-0.4, -0.2) is 13.0 Å². The molecule has 0 spiro atoms. The third-order valence-electron chi connectivity index (χ3n) is 1.28. The molecule has 12 heavy (non-hydrogen) atoms. The van der Waals surface area contributed by atoms with Crippen molar-refractivity contribution in [3.63, 3.8) is 0 Å². The highest BCUT2D eigenvalue weighted by Gasteiger charge is 2.12. The molecule has 0 bridgehead atoms. The number of benzene rings is 1. The standard InChI is InChI=1S/C6H7N2O3S/c7-8(9)12(10,11)6-4-2-1-3-5-6/h1-5H,7H2/q-1. The van der Waals surface area contributed by atoms with Gasteiger partial charge >= 0.3 is 0 Å². The second-order valence-electron chi connectivity index (χ2n) is 2.07. The number of hydrogen-bond acceptors (Lipinski definition) is 4. The molecule has 0 aromatic heterocycles. The van der Waals surface area contributed by atoms with E-state index in [2.05, 4.69) is 5.84 Å². The van der Waals surface area contributed by atoms with Crippen molar-refractivity contribution in [2.24, 2.45) is 5.84 Å². The predicted octanol–water partition coefficient (Wildman–Crippen LogP) is 0.0488. The zero-order valence-electron chi connectivity index (χ0n) is 6.04. The maximum Gasteiger partial charge on any atom is 0.244 e. The highest BCUT2D eigenvalue weighted by atomic mass is 32.2. The van der Waals surface area contributed by atoms with E-state index in [1.165, 1.54) is 24.3 Å². The molecular weight excluding hydrogens is 180 g/mol. The summed E-state index contributed by atoms with van der Waals surface area (Å²) in [5, 5.41) is 10.4. The van der Waals surface area contributed by atoms with Gasteiger partial charge in [-0.3, -0.25) is 5.84 Å². The largest absolute Gasteiger partial charge is 0.758 e. The Hall–Kier alpha value is -0.950. The molecule has 0 aliphatic rings. The quantitative estimate of drug-likeness (QED) is 0.523. The van der Waals surface area contributed by atoms with E-state index in [0.717, 1.165) is 0 Å². The van der Waals surface area contributed by atoms with Crippen molar-refractivity contribution in [3.05, 3.63) is 35.5 Å². The fraction of sp³-hybridized carbons (Fsp3) is 0. The molecule has 0 radical (unpaired) electrons. The number of nitrogens with zero attached hydrogens (tertiary/aromatic N) is 1. The van der Waals surface area contributed by atoms with Crippen molar-refractivity contribution < 1.29 is 8.42 Å². The Morgan fingerprint density at radius 1 is 1.25 bits per heavy atom. The Balaban J connectivity index is 3.17. The highest BCUT2D eigenvalue weighted by Crippen LogP contribution is 2.10. The molecule has 0 aliphatic carbocycles. The first-order valence-corrected chi connectivity index (χ1v) is 4.51. The fourth-order valence-electron chi connectivity index (χ4n) is 0.696. The topological polar surface area (TPSA) is 86.5 Å². The molecule has 5 nitrogen and oxygen atoms in total. The molecule has 1 aromatic carbocycles. The molecule has 0 fully saturated rings. The van der Waals surface area contributed by atoms with Crippen molar-refractivity contribution in [1.29, 1.82) is 0 Å². The summed E-state index contributed by atoms with van der Waals surface area (Å²) in [4.78, 5) is -0.109. The summed E-state index contributed by atoms with van der Waals surface area (Å²) in [7, 11) is -4.02. The summed E-state index contributed by atoms with van der Waals surface area (Å²) in [5.74, 6) is 4.59. The number of sulfonamides is 1. The van der Waals surface area contributed by atoms with Crippen molar-refractivity contribution in [2.45, 2.75) is 4.90 Å². The minimum absolute atomic E-state index is 0.109. The smallest absolute Gasteiger partial charge is 0.244 e. The van der Waals surface area contributed by atoms with Crippen molar-refractivity contribution >= 4 is 10.0 Å². The second-order valence-corrected chi connectivity index (χ2v) is 3.85. The maximum absolute atomic E-state index is 11.0. The van der Waals surface area contributed by atoms with Crippen molar-refractivity contribution in [2.75, 3.05) is 0 Å². The van der Waals surface area contributed by atoms with Crippen LogP contribution in [0.5, 0.6) is 0 Å². The van der Waals surface area contributed by atoms with Crippen LogP contribution in [0.25, 0.3) is 0 Å². The van der Waals surface area contributed by atoms with E-state index in [1.54, 1.807) is 6.07 Å². The summed E-state index contributed by atoms with van der Waals surface area (Å²) < 4.78 is 21.5. The number of nitrogens with two attached hydrogens (primary N) is 1. The van der Waals surface area contributed by atoms with E-state index < -0.39 is 14.6 Å². The van der Waals surface area contributed by atoms with E-state index >= 15 is 0 Å². The minimum Gasteiger partial charge on any atom is -0.758 e. The van der Waals surface area contributed by atoms with Crippen LogP contribution in [0.1, 0.15) is 0 Å². The summed E-state index contributed by atoms with van der Waals surface area (Å²) in [6.07, 6.45) is 0. The van der Waals surface area contributed by atoms with E-state index in [0.29, 0.717) is 0 Å². The molecule has 0 saturated heterocycles. The van der Waals surface area contributed by atoms with Crippen LogP contribution in [0, 0.1) is 5.21 Å². The van der Waals surface area contributed by atoms with Gasteiger partial charge in [-0.1, -0.05) is 18.2 Å². The van der Waals surface area contributed by atoms with E-state index in [1.807, 2.05) is 0 Å². The normalized spacial score (nSPS) is 11.9. The molecule has 0 heterocycles. The zero-order valence-corrected chi connectivity index (χ0v) is 6.86. The lowest BCUT2D eigenvalue weighted by Crippen LogP contribution is -2.31. The Morgan fingerprint density at radius 2 is 1.75 bits per heavy atom. The van der Waals surface area contributed by atoms with Gasteiger partial charge in [-0.05, 0) is 12.1 Å². The predicted molar refractivity (Wildman–Crippen MR) is 43.0 cm³/mol. The van der Waals surface area contributed by atoms with Gasteiger partial charge in [0, 0.05) is 0 Å². The van der Waals surface area contributed by atoms with Crippen LogP contribution in [0.15, 0.2) is 35.2 Å². The number of rotatable bonds is 2. The lowest BCUT2D eigenvalue weighted by atomic mass is 10.4. The lowest BCUT2D eigenvalue weighted by Gasteiger charge is -2.20. The highest BCUT2D eigenvalue weighted by molar-refractivity contribution is 7.89. The molecule has 66 valence electrons. The van der Waals surface area contributed by atoms with Crippen LogP contribution in [-0.2, 0) is 10.0 Å². The zero-order chi connectivity index (χ0) is 9.19. The van der Waals surface area contributed by atoms with Gasteiger partial charge in [0.15, 0.2) is 0 Å². The SMILES string of the molecule is NN([O-])S(=O)(=O)c1ccccc1. The number of hydrogen-bond donors (Lipinski definition) is 1. The van der Waals surface area contributed by atoms with Gasteiger partial charge in [0.2, 0.25) is 10.0 Å². The first-order chi connectivity index (χ1) is 5.55. The first-order valence-electron chi connectivity index (χ1n) is 3.07. The van der Waals surface area contributed by atoms with Crippen LogP contribution in [0.2, 0.25) is 0 Å². The van der Waals surface area contributed by atoms with E-state index in [9.17, 15) is 13.6 Å².